The van der Waals surface area contributed by atoms with Gasteiger partial charge in [0.25, 0.3) is 5.91 Å². The molecule has 1 amide bonds. The molecule has 2 heterocycles. The van der Waals surface area contributed by atoms with E-state index in [1.54, 1.807) is 0 Å². The first-order valence-electron chi connectivity index (χ1n) is 7.02. The summed E-state index contributed by atoms with van der Waals surface area (Å²) >= 11 is 1.29. The van der Waals surface area contributed by atoms with Crippen LogP contribution in [0.15, 0.2) is 0 Å². The van der Waals surface area contributed by atoms with Gasteiger partial charge in [-0.25, -0.2) is 0 Å². The van der Waals surface area contributed by atoms with Crippen molar-refractivity contribution in [3.8, 4) is 0 Å². The fourth-order valence-corrected chi connectivity index (χ4v) is 3.71. The first-order chi connectivity index (χ1) is 9.82. The van der Waals surface area contributed by atoms with Crippen molar-refractivity contribution in [2.75, 3.05) is 43.9 Å². The molecule has 0 atom stereocenters. The van der Waals surface area contributed by atoms with E-state index in [-0.39, 0.29) is 17.4 Å². The molecule has 1 saturated heterocycles. The van der Waals surface area contributed by atoms with Crippen molar-refractivity contribution in [2.24, 2.45) is 11.7 Å². The van der Waals surface area contributed by atoms with E-state index < -0.39 is 5.91 Å². The van der Waals surface area contributed by atoms with Gasteiger partial charge in [-0.2, -0.15) is 0 Å². The molecule has 0 radical (unpaired) electrons. The van der Waals surface area contributed by atoms with Gasteiger partial charge in [0.2, 0.25) is 0 Å². The van der Waals surface area contributed by atoms with Gasteiger partial charge in [0.05, 0.1) is 16.1 Å². The highest BCUT2D eigenvalue weighted by molar-refractivity contribution is 7.19. The number of carbonyl (C=O) groups excluding carboxylic acids is 2. The van der Waals surface area contributed by atoms with Crippen LogP contribution in [0.1, 0.15) is 33.9 Å². The summed E-state index contributed by atoms with van der Waals surface area (Å²) in [5.74, 6) is -0.770. The molecule has 116 valence electrons. The summed E-state index contributed by atoms with van der Waals surface area (Å²) in [5, 5.41) is 0.733. The van der Waals surface area contributed by atoms with Gasteiger partial charge in [0.15, 0.2) is 5.78 Å². The summed E-state index contributed by atoms with van der Waals surface area (Å²) in [6.45, 7) is 7.05. The van der Waals surface area contributed by atoms with E-state index in [4.69, 9.17) is 11.5 Å². The van der Waals surface area contributed by atoms with E-state index in [0.717, 1.165) is 31.2 Å². The average Bonchev–Trinajstić information content (AvgIpc) is 2.76. The topological polar surface area (TPSA) is 92.7 Å². The fraction of sp³-hybridized carbons (Fsp3) is 0.571. The van der Waals surface area contributed by atoms with Crippen LogP contribution in [-0.2, 0) is 0 Å². The maximum atomic E-state index is 12.2. The van der Waals surface area contributed by atoms with Gasteiger partial charge in [-0.1, -0.05) is 13.8 Å². The predicted octanol–water partition coefficient (Wildman–Crippen LogP) is 1.02. The van der Waals surface area contributed by atoms with E-state index in [0.29, 0.717) is 10.4 Å². The van der Waals surface area contributed by atoms with Gasteiger partial charge in [-0.15, -0.1) is 11.3 Å². The van der Waals surface area contributed by atoms with Crippen LogP contribution >= 0.6 is 11.3 Å². The molecule has 0 bridgehead atoms. The van der Waals surface area contributed by atoms with E-state index in [9.17, 15) is 9.59 Å². The second-order valence-electron chi connectivity index (χ2n) is 5.70. The Hall–Kier alpha value is -1.60. The molecular weight excluding hydrogens is 288 g/mol. The minimum atomic E-state index is -0.569. The van der Waals surface area contributed by atoms with Crippen LogP contribution in [0.2, 0.25) is 0 Å². The Morgan fingerprint density at radius 1 is 1.19 bits per heavy atom. The van der Waals surface area contributed by atoms with Crippen LogP contribution in [-0.4, -0.2) is 49.8 Å². The largest absolute Gasteiger partial charge is 0.397 e. The Morgan fingerprint density at radius 3 is 2.24 bits per heavy atom. The molecule has 0 saturated carbocycles. The van der Waals surface area contributed by atoms with Crippen molar-refractivity contribution in [2.45, 2.75) is 13.8 Å². The van der Waals surface area contributed by atoms with E-state index in [1.807, 2.05) is 13.8 Å². The highest BCUT2D eigenvalue weighted by atomic mass is 32.1. The van der Waals surface area contributed by atoms with Crippen LogP contribution in [0.25, 0.3) is 0 Å². The Labute approximate surface area is 128 Å². The number of hydrogen-bond donors (Lipinski definition) is 2. The smallest absolute Gasteiger partial charge is 0.253 e. The third kappa shape index (κ3) is 3.03. The number of anilines is 2. The van der Waals surface area contributed by atoms with Gasteiger partial charge in [0.1, 0.15) is 5.00 Å². The lowest BCUT2D eigenvalue weighted by atomic mass is 10.1. The monoisotopic (exact) mass is 310 g/mol. The molecule has 0 aliphatic carbocycles. The number of piperazine rings is 1. The summed E-state index contributed by atoms with van der Waals surface area (Å²) in [6.07, 6.45) is 0. The second-order valence-corrected chi connectivity index (χ2v) is 6.70. The molecule has 2 rings (SSSR count). The number of nitrogens with zero attached hydrogens (tertiary/aromatic N) is 2. The van der Waals surface area contributed by atoms with Crippen molar-refractivity contribution in [1.29, 1.82) is 0 Å². The summed E-state index contributed by atoms with van der Waals surface area (Å²) in [7, 11) is 2.06. The zero-order valence-electron chi connectivity index (χ0n) is 12.7. The number of primary amides is 1. The van der Waals surface area contributed by atoms with Crippen molar-refractivity contribution in [3.05, 3.63) is 10.4 Å². The van der Waals surface area contributed by atoms with E-state index >= 15 is 0 Å². The second kappa shape index (κ2) is 6.03. The molecule has 1 aliphatic rings. The van der Waals surface area contributed by atoms with Crippen molar-refractivity contribution >= 4 is 33.7 Å². The van der Waals surface area contributed by atoms with Crippen molar-refractivity contribution in [1.82, 2.24) is 4.90 Å². The summed E-state index contributed by atoms with van der Waals surface area (Å²) in [4.78, 5) is 28.8. The maximum absolute atomic E-state index is 12.2. The Kier molecular flexibility index (Phi) is 4.53. The SMILES string of the molecule is CC(C)C(=O)c1sc(N2CCN(C)CC2)c(C(N)=O)c1N. The third-order valence-corrected chi connectivity index (χ3v) is 4.99. The molecule has 1 aromatic rings. The maximum Gasteiger partial charge on any atom is 0.253 e. The molecule has 21 heavy (non-hydrogen) atoms. The summed E-state index contributed by atoms with van der Waals surface area (Å²) in [5.41, 5.74) is 12.0. The molecule has 1 aromatic heterocycles. The number of nitrogens with two attached hydrogens (primary N) is 2. The summed E-state index contributed by atoms with van der Waals surface area (Å²) < 4.78 is 0. The first kappa shape index (κ1) is 15.8. The fourth-order valence-electron chi connectivity index (χ4n) is 2.35. The lowest BCUT2D eigenvalue weighted by Gasteiger charge is -2.33. The highest BCUT2D eigenvalue weighted by Gasteiger charge is 2.29. The average molecular weight is 310 g/mol. The van der Waals surface area contributed by atoms with E-state index in [1.165, 1.54) is 11.3 Å². The molecule has 6 nitrogen and oxygen atoms in total. The first-order valence-corrected chi connectivity index (χ1v) is 7.84. The zero-order valence-corrected chi connectivity index (χ0v) is 13.5. The third-order valence-electron chi connectivity index (χ3n) is 3.71. The van der Waals surface area contributed by atoms with Crippen LogP contribution in [0.5, 0.6) is 0 Å². The number of ketones is 1. The van der Waals surface area contributed by atoms with Crippen molar-refractivity contribution < 1.29 is 9.59 Å². The number of thiophene rings is 1. The minimum Gasteiger partial charge on any atom is -0.397 e. The van der Waals surface area contributed by atoms with Crippen LogP contribution in [0.4, 0.5) is 10.7 Å². The standard InChI is InChI=1S/C14H22N4O2S/c1-8(2)11(19)12-10(15)9(13(16)20)14(21-12)18-6-4-17(3)5-7-18/h8H,4-7,15H2,1-3H3,(H2,16,20). The number of rotatable bonds is 4. The summed E-state index contributed by atoms with van der Waals surface area (Å²) in [6, 6.07) is 0. The Bertz CT molecular complexity index is 560. The number of carbonyl (C=O) groups is 2. The number of likely N-dealkylation sites (N-methyl/N-ethyl adjacent to an activating group) is 1. The van der Waals surface area contributed by atoms with Gasteiger partial charge in [-0.05, 0) is 7.05 Å². The number of Topliss-reactive ketones (excluding diaryl/α,β-unsaturated/α-hetero) is 1. The predicted molar refractivity (Wildman–Crippen MR) is 86.1 cm³/mol. The number of amides is 1. The van der Waals surface area contributed by atoms with Gasteiger partial charge < -0.3 is 21.3 Å². The molecule has 0 aromatic carbocycles. The van der Waals surface area contributed by atoms with Crippen molar-refractivity contribution in [3.63, 3.8) is 0 Å². The molecular formula is C14H22N4O2S. The molecule has 7 heteroatoms. The molecule has 4 N–H and O–H groups in total. The van der Waals surface area contributed by atoms with Gasteiger partial charge >= 0.3 is 0 Å². The number of hydrogen-bond acceptors (Lipinski definition) is 6. The quantitative estimate of drug-likeness (QED) is 0.810. The molecule has 1 aliphatic heterocycles. The Morgan fingerprint density at radius 2 is 1.76 bits per heavy atom. The van der Waals surface area contributed by atoms with Gasteiger partial charge in [-0.3, -0.25) is 9.59 Å². The van der Waals surface area contributed by atoms with Crippen LogP contribution in [0, 0.1) is 5.92 Å². The highest BCUT2D eigenvalue weighted by Crippen LogP contribution is 2.39. The molecule has 1 fully saturated rings. The lowest BCUT2D eigenvalue weighted by Crippen LogP contribution is -2.44. The van der Waals surface area contributed by atoms with E-state index in [2.05, 4.69) is 16.8 Å². The normalized spacial score (nSPS) is 16.5. The lowest BCUT2D eigenvalue weighted by molar-refractivity contribution is 0.0944. The Balaban J connectivity index is 2.43. The minimum absolute atomic E-state index is 0.0413. The molecule has 0 unspecified atom stereocenters. The van der Waals surface area contributed by atoms with Crippen LogP contribution < -0.4 is 16.4 Å². The number of nitrogen functional groups attached to an aromatic ring is 1. The molecule has 0 spiro atoms. The van der Waals surface area contributed by atoms with Gasteiger partial charge in [0, 0.05) is 32.1 Å². The van der Waals surface area contributed by atoms with Crippen LogP contribution in [0.3, 0.4) is 0 Å². The zero-order chi connectivity index (χ0) is 15.7.